The summed E-state index contributed by atoms with van der Waals surface area (Å²) in [4.78, 5) is 0. The van der Waals surface area contributed by atoms with Gasteiger partial charge in [0.05, 0.1) is 0 Å². The van der Waals surface area contributed by atoms with Crippen LogP contribution in [0.3, 0.4) is 0 Å². The molecule has 0 saturated heterocycles. The summed E-state index contributed by atoms with van der Waals surface area (Å²) in [7, 11) is 0. The topological polar surface area (TPSA) is 0 Å². The van der Waals surface area contributed by atoms with Crippen LogP contribution in [0.25, 0.3) is 5.57 Å². The highest BCUT2D eigenvalue weighted by Crippen LogP contribution is 2.50. The van der Waals surface area contributed by atoms with E-state index >= 15 is 0 Å². The molecule has 1 fully saturated rings. The fraction of sp³-hybridized carbons (Fsp3) is 0.630. The van der Waals surface area contributed by atoms with Crippen LogP contribution in [0, 0.1) is 23.2 Å². The molecule has 2 atom stereocenters. The molecule has 2 unspecified atom stereocenters. The minimum Gasteiger partial charge on any atom is -0.0995 e. The Kier molecular flexibility index (Phi) is 8.39. The average molecular weight is 367 g/mol. The fourth-order valence-corrected chi connectivity index (χ4v) is 5.21. The molecule has 0 aromatic heterocycles. The second kappa shape index (κ2) is 10.3. The van der Waals surface area contributed by atoms with Crippen LogP contribution in [0.2, 0.25) is 0 Å². The van der Waals surface area contributed by atoms with Crippen LogP contribution < -0.4 is 0 Å². The third-order valence-electron chi connectivity index (χ3n) is 6.54. The van der Waals surface area contributed by atoms with Crippen LogP contribution in [0.4, 0.5) is 0 Å². The zero-order valence-electron chi connectivity index (χ0n) is 18.4. The molecule has 27 heavy (non-hydrogen) atoms. The Morgan fingerprint density at radius 1 is 1.00 bits per heavy atom. The molecule has 1 saturated carbocycles. The van der Waals surface area contributed by atoms with Crippen LogP contribution >= 0.6 is 0 Å². The van der Waals surface area contributed by atoms with Gasteiger partial charge in [-0.25, -0.2) is 0 Å². The Morgan fingerprint density at radius 2 is 1.63 bits per heavy atom. The molecule has 150 valence electrons. The lowest BCUT2D eigenvalue weighted by Crippen LogP contribution is -2.35. The van der Waals surface area contributed by atoms with Gasteiger partial charge in [0.25, 0.3) is 0 Å². The number of hydrogen-bond acceptors (Lipinski definition) is 0. The number of allylic oxidation sites excluding steroid dienone is 2. The lowest BCUT2D eigenvalue weighted by molar-refractivity contribution is 0.154. The van der Waals surface area contributed by atoms with Gasteiger partial charge in [-0.1, -0.05) is 109 Å². The maximum absolute atomic E-state index is 4.67. The van der Waals surface area contributed by atoms with Crippen LogP contribution in [-0.4, -0.2) is 0 Å². The molecular formula is C27H42. The van der Waals surface area contributed by atoms with Crippen LogP contribution in [-0.2, 0) is 0 Å². The number of hydrogen-bond donors (Lipinski definition) is 0. The molecule has 1 aliphatic rings. The Hall–Kier alpha value is -1.30. The first-order valence-electron chi connectivity index (χ1n) is 11.3. The Morgan fingerprint density at radius 3 is 2.19 bits per heavy atom. The van der Waals surface area contributed by atoms with Crippen molar-refractivity contribution >= 4 is 5.57 Å². The van der Waals surface area contributed by atoms with E-state index in [1.807, 2.05) is 0 Å². The summed E-state index contributed by atoms with van der Waals surface area (Å²) in [6.07, 6.45) is 12.0. The first-order valence-corrected chi connectivity index (χ1v) is 11.3. The monoisotopic (exact) mass is 366 g/mol. The van der Waals surface area contributed by atoms with Crippen molar-refractivity contribution in [2.75, 3.05) is 0 Å². The van der Waals surface area contributed by atoms with E-state index in [-0.39, 0.29) is 5.41 Å². The summed E-state index contributed by atoms with van der Waals surface area (Å²) >= 11 is 0. The normalized spacial score (nSPS) is 18.1. The molecule has 2 rings (SSSR count). The van der Waals surface area contributed by atoms with Crippen molar-refractivity contribution in [2.24, 2.45) is 23.2 Å². The van der Waals surface area contributed by atoms with Crippen LogP contribution in [0.5, 0.6) is 0 Å². The number of unbranched alkanes of at least 4 members (excludes halogenated alkanes) is 2. The maximum atomic E-state index is 4.67. The minimum atomic E-state index is 0.183. The van der Waals surface area contributed by atoms with E-state index in [0.717, 1.165) is 5.92 Å². The van der Waals surface area contributed by atoms with Crippen molar-refractivity contribution in [3.05, 3.63) is 54.6 Å². The largest absolute Gasteiger partial charge is 0.0995 e. The predicted octanol–water partition coefficient (Wildman–Crippen LogP) is 8.70. The third-order valence-corrected chi connectivity index (χ3v) is 6.54. The molecule has 0 radical (unpaired) electrons. The molecule has 1 aliphatic carbocycles. The maximum Gasteiger partial charge on any atom is -0.00450 e. The van der Waals surface area contributed by atoms with Gasteiger partial charge in [-0.3, -0.25) is 0 Å². The first-order chi connectivity index (χ1) is 12.9. The van der Waals surface area contributed by atoms with Gasteiger partial charge >= 0.3 is 0 Å². The Bertz CT molecular complexity index is 580. The lowest BCUT2D eigenvalue weighted by Gasteiger charge is -2.45. The van der Waals surface area contributed by atoms with E-state index in [2.05, 4.69) is 71.2 Å². The van der Waals surface area contributed by atoms with Gasteiger partial charge in [0.1, 0.15) is 0 Å². The van der Waals surface area contributed by atoms with Gasteiger partial charge < -0.3 is 0 Å². The standard InChI is InChI=1S/C27H42/c1-7-8-11-16-21(2)25(24-19-14-10-15-20-24)26(27(4,5)6)22(3)23-17-12-9-13-18-23/h9,12-13,17-18,24-26H,2-3,7-8,10-11,14-16,19-20H2,1,4-6H3. The molecule has 0 bridgehead atoms. The summed E-state index contributed by atoms with van der Waals surface area (Å²) in [5.41, 5.74) is 4.30. The first kappa shape index (κ1) is 22.0. The van der Waals surface area contributed by atoms with E-state index in [0.29, 0.717) is 11.8 Å². The highest BCUT2D eigenvalue weighted by Gasteiger charge is 2.40. The second-order valence-electron chi connectivity index (χ2n) is 9.77. The van der Waals surface area contributed by atoms with Crippen molar-refractivity contribution in [1.29, 1.82) is 0 Å². The van der Waals surface area contributed by atoms with Gasteiger partial charge in [0, 0.05) is 0 Å². The fourth-order valence-electron chi connectivity index (χ4n) is 5.21. The Labute approximate surface area is 169 Å². The SMILES string of the molecule is C=C(CCCCC)C(C1CCCCC1)C(C(=C)c1ccccc1)C(C)(C)C. The lowest BCUT2D eigenvalue weighted by atomic mass is 9.60. The zero-order chi connectivity index (χ0) is 19.9. The van der Waals surface area contributed by atoms with E-state index in [4.69, 9.17) is 0 Å². The van der Waals surface area contributed by atoms with Crippen molar-refractivity contribution in [3.8, 4) is 0 Å². The molecule has 1 aromatic rings. The van der Waals surface area contributed by atoms with Crippen molar-refractivity contribution in [2.45, 2.75) is 85.5 Å². The quantitative estimate of drug-likeness (QED) is 0.303. The summed E-state index contributed by atoms with van der Waals surface area (Å²) in [5, 5.41) is 0. The van der Waals surface area contributed by atoms with E-state index < -0.39 is 0 Å². The van der Waals surface area contributed by atoms with Gasteiger partial charge in [-0.2, -0.15) is 0 Å². The number of rotatable bonds is 9. The Balaban J connectivity index is 2.36. The second-order valence-corrected chi connectivity index (χ2v) is 9.77. The highest BCUT2D eigenvalue weighted by molar-refractivity contribution is 5.66. The van der Waals surface area contributed by atoms with Crippen molar-refractivity contribution in [1.82, 2.24) is 0 Å². The van der Waals surface area contributed by atoms with Crippen molar-refractivity contribution < 1.29 is 0 Å². The van der Waals surface area contributed by atoms with E-state index in [1.54, 1.807) is 0 Å². The van der Waals surface area contributed by atoms with E-state index in [9.17, 15) is 0 Å². The highest BCUT2D eigenvalue weighted by atomic mass is 14.4. The molecule has 0 amide bonds. The molecule has 0 N–H and O–H groups in total. The zero-order valence-corrected chi connectivity index (χ0v) is 18.4. The van der Waals surface area contributed by atoms with Crippen LogP contribution in [0.15, 0.2) is 49.1 Å². The molecular weight excluding hydrogens is 324 g/mol. The number of benzene rings is 1. The molecule has 0 nitrogen and oxygen atoms in total. The minimum absolute atomic E-state index is 0.183. The van der Waals surface area contributed by atoms with Gasteiger partial charge in [0.2, 0.25) is 0 Å². The van der Waals surface area contributed by atoms with E-state index in [1.165, 1.54) is 74.5 Å². The molecule has 1 aromatic carbocycles. The van der Waals surface area contributed by atoms with Gasteiger partial charge in [0.15, 0.2) is 0 Å². The molecule has 0 spiro atoms. The third kappa shape index (κ3) is 6.09. The smallest absolute Gasteiger partial charge is 0.00450 e. The summed E-state index contributed by atoms with van der Waals surface area (Å²) in [6.45, 7) is 18.8. The molecule has 0 aliphatic heterocycles. The summed E-state index contributed by atoms with van der Waals surface area (Å²) in [6, 6.07) is 10.9. The summed E-state index contributed by atoms with van der Waals surface area (Å²) < 4.78 is 0. The van der Waals surface area contributed by atoms with Crippen LogP contribution in [0.1, 0.15) is 91.0 Å². The van der Waals surface area contributed by atoms with Crippen molar-refractivity contribution in [3.63, 3.8) is 0 Å². The molecule has 0 heteroatoms. The van der Waals surface area contributed by atoms with Gasteiger partial charge in [-0.15, -0.1) is 0 Å². The summed E-state index contributed by atoms with van der Waals surface area (Å²) in [5.74, 6) is 1.80. The average Bonchev–Trinajstić information content (AvgIpc) is 2.66. The van der Waals surface area contributed by atoms with Gasteiger partial charge in [-0.05, 0) is 60.0 Å². The molecule has 0 heterocycles. The predicted molar refractivity (Wildman–Crippen MR) is 122 cm³/mol.